The van der Waals surface area contributed by atoms with Gasteiger partial charge in [-0.2, -0.15) is 4.31 Å². The number of hydrogen-bond acceptors (Lipinski definition) is 4. The zero-order valence-corrected chi connectivity index (χ0v) is 16.2. The molecular formula is C18H17BrN2O4S. The Bertz CT molecular complexity index is 942. The lowest BCUT2D eigenvalue weighted by Crippen LogP contribution is -2.34. The number of nitro groups is 1. The van der Waals surface area contributed by atoms with Crippen LogP contribution in [0.3, 0.4) is 0 Å². The second-order valence-corrected chi connectivity index (χ2v) is 8.79. The van der Waals surface area contributed by atoms with E-state index in [0.29, 0.717) is 6.54 Å². The monoisotopic (exact) mass is 436 g/mol. The van der Waals surface area contributed by atoms with Crippen molar-refractivity contribution in [2.45, 2.75) is 17.2 Å². The van der Waals surface area contributed by atoms with Crippen molar-refractivity contribution in [2.24, 2.45) is 0 Å². The van der Waals surface area contributed by atoms with Gasteiger partial charge in [0.2, 0.25) is 10.0 Å². The number of allylic oxidation sites excluding steroid dienone is 1. The Kier molecular flexibility index (Phi) is 5.55. The van der Waals surface area contributed by atoms with Crippen molar-refractivity contribution in [1.29, 1.82) is 0 Å². The van der Waals surface area contributed by atoms with E-state index in [-0.39, 0.29) is 23.0 Å². The molecule has 8 heteroatoms. The predicted molar refractivity (Wildman–Crippen MR) is 102 cm³/mol. The molecule has 0 saturated heterocycles. The number of nitro benzene ring substituents is 1. The minimum atomic E-state index is -3.74. The van der Waals surface area contributed by atoms with Gasteiger partial charge < -0.3 is 0 Å². The zero-order chi connectivity index (χ0) is 18.7. The Morgan fingerprint density at radius 2 is 1.77 bits per heavy atom. The summed E-state index contributed by atoms with van der Waals surface area (Å²) >= 11 is 3.54. The maximum atomic E-state index is 13.0. The molecule has 2 aromatic rings. The highest BCUT2D eigenvalue weighted by Gasteiger charge is 2.29. The van der Waals surface area contributed by atoms with E-state index < -0.39 is 14.9 Å². The Balaban J connectivity index is 1.90. The molecule has 0 fully saturated rings. The number of non-ortho nitro benzene ring substituents is 1. The second kappa shape index (κ2) is 7.69. The first-order valence-corrected chi connectivity index (χ1v) is 10.3. The van der Waals surface area contributed by atoms with E-state index in [1.54, 1.807) is 0 Å². The molecule has 1 aliphatic rings. The lowest BCUT2D eigenvalue weighted by atomic mass is 9.96. The van der Waals surface area contributed by atoms with Crippen molar-refractivity contribution in [3.05, 3.63) is 80.8 Å². The third kappa shape index (κ3) is 3.87. The summed E-state index contributed by atoms with van der Waals surface area (Å²) in [6.07, 6.45) is 4.59. The lowest BCUT2D eigenvalue weighted by molar-refractivity contribution is -0.384. The summed E-state index contributed by atoms with van der Waals surface area (Å²) in [5.74, 6) is 0.0251. The third-order valence-electron chi connectivity index (χ3n) is 4.35. The van der Waals surface area contributed by atoms with Crippen LogP contribution in [-0.2, 0) is 10.0 Å². The van der Waals surface area contributed by atoms with Gasteiger partial charge in [0, 0.05) is 35.6 Å². The summed E-state index contributed by atoms with van der Waals surface area (Å²) in [4.78, 5) is 10.3. The predicted octanol–water partition coefficient (Wildman–Crippen LogP) is 4.09. The topological polar surface area (TPSA) is 80.5 Å². The summed E-state index contributed by atoms with van der Waals surface area (Å²) in [6.45, 7) is 0.620. The Hall–Kier alpha value is -2.03. The van der Waals surface area contributed by atoms with Crippen LogP contribution in [0.25, 0.3) is 0 Å². The highest BCUT2D eigenvalue weighted by Crippen LogP contribution is 2.31. The van der Waals surface area contributed by atoms with Gasteiger partial charge in [0.1, 0.15) is 0 Å². The van der Waals surface area contributed by atoms with Crippen molar-refractivity contribution in [3.63, 3.8) is 0 Å². The summed E-state index contributed by atoms with van der Waals surface area (Å²) in [5, 5.41) is 10.8. The minimum absolute atomic E-state index is 0.0251. The molecule has 3 rings (SSSR count). The molecule has 0 amide bonds. The van der Waals surface area contributed by atoms with Gasteiger partial charge in [-0.05, 0) is 30.2 Å². The van der Waals surface area contributed by atoms with Gasteiger partial charge in [0.15, 0.2) is 0 Å². The van der Waals surface area contributed by atoms with E-state index in [0.717, 1.165) is 16.5 Å². The van der Waals surface area contributed by atoms with Gasteiger partial charge >= 0.3 is 0 Å². The van der Waals surface area contributed by atoms with Gasteiger partial charge in [0.25, 0.3) is 5.69 Å². The number of halogens is 1. The molecule has 0 spiro atoms. The molecule has 0 N–H and O–H groups in total. The highest BCUT2D eigenvalue weighted by molar-refractivity contribution is 9.10. The van der Waals surface area contributed by atoms with Crippen LogP contribution < -0.4 is 0 Å². The molecular weight excluding hydrogens is 420 g/mol. The van der Waals surface area contributed by atoms with E-state index in [9.17, 15) is 18.5 Å². The van der Waals surface area contributed by atoms with Crippen LogP contribution in [0.2, 0.25) is 0 Å². The van der Waals surface area contributed by atoms with E-state index in [4.69, 9.17) is 0 Å². The van der Waals surface area contributed by atoms with Crippen LogP contribution >= 0.6 is 15.9 Å². The van der Waals surface area contributed by atoms with E-state index in [1.165, 1.54) is 28.6 Å². The summed E-state index contributed by atoms with van der Waals surface area (Å²) in [6, 6.07) is 12.8. The maximum Gasteiger partial charge on any atom is 0.269 e. The molecule has 0 radical (unpaired) electrons. The Morgan fingerprint density at radius 3 is 2.42 bits per heavy atom. The first-order valence-electron chi connectivity index (χ1n) is 8.03. The molecule has 1 aliphatic heterocycles. The van der Waals surface area contributed by atoms with Gasteiger partial charge in [-0.1, -0.05) is 46.3 Å². The van der Waals surface area contributed by atoms with Crippen molar-refractivity contribution in [2.75, 3.05) is 13.1 Å². The van der Waals surface area contributed by atoms with Gasteiger partial charge in [-0.3, -0.25) is 10.1 Å². The number of nitrogens with zero attached hydrogens (tertiary/aromatic N) is 2. The number of benzene rings is 2. The zero-order valence-electron chi connectivity index (χ0n) is 13.8. The van der Waals surface area contributed by atoms with Crippen LogP contribution in [0.5, 0.6) is 0 Å². The van der Waals surface area contributed by atoms with E-state index >= 15 is 0 Å². The quantitative estimate of drug-likeness (QED) is 0.410. The molecule has 1 unspecified atom stereocenters. The van der Waals surface area contributed by atoms with Crippen molar-refractivity contribution >= 4 is 31.6 Å². The standard InChI is InChI=1S/C18H17BrN2O4S/c19-18-7-2-1-6-17(18)14-5-3-4-12-20(13-14)26(24,25)16-10-8-15(9-11-16)21(22)23/h1-4,6-11,14H,5,12-13H2. The molecule has 136 valence electrons. The SMILES string of the molecule is O=[N+]([O-])c1ccc(S(=O)(=O)N2CC=CCC(c3ccccc3Br)C2)cc1. The summed E-state index contributed by atoms with van der Waals surface area (Å²) < 4.78 is 28.4. The van der Waals surface area contributed by atoms with Crippen molar-refractivity contribution in [1.82, 2.24) is 4.31 Å². The Labute approximate surface area is 160 Å². The van der Waals surface area contributed by atoms with Crippen LogP contribution in [0.1, 0.15) is 17.9 Å². The van der Waals surface area contributed by atoms with Crippen LogP contribution in [0.15, 0.2) is 70.1 Å². The first kappa shape index (κ1) is 18.8. The number of hydrogen-bond donors (Lipinski definition) is 0. The molecule has 1 atom stereocenters. The molecule has 0 bridgehead atoms. The van der Waals surface area contributed by atoms with Crippen molar-refractivity contribution < 1.29 is 13.3 Å². The first-order chi connectivity index (χ1) is 12.4. The minimum Gasteiger partial charge on any atom is -0.258 e. The van der Waals surface area contributed by atoms with Crippen molar-refractivity contribution in [3.8, 4) is 0 Å². The maximum absolute atomic E-state index is 13.0. The van der Waals surface area contributed by atoms with Gasteiger partial charge in [0.05, 0.1) is 9.82 Å². The molecule has 26 heavy (non-hydrogen) atoms. The normalized spacial score (nSPS) is 18.4. The number of sulfonamides is 1. The second-order valence-electron chi connectivity index (χ2n) is 6.00. The summed E-state index contributed by atoms with van der Waals surface area (Å²) in [5.41, 5.74) is 0.925. The van der Waals surface area contributed by atoms with E-state index in [1.807, 2.05) is 36.4 Å². The molecule has 6 nitrogen and oxygen atoms in total. The van der Waals surface area contributed by atoms with Gasteiger partial charge in [-0.15, -0.1) is 0 Å². The van der Waals surface area contributed by atoms with Gasteiger partial charge in [-0.25, -0.2) is 8.42 Å². The average Bonchev–Trinajstić information content (AvgIpc) is 2.89. The fourth-order valence-corrected chi connectivity index (χ4v) is 5.01. The molecule has 2 aromatic carbocycles. The van der Waals surface area contributed by atoms with Crippen LogP contribution in [0, 0.1) is 10.1 Å². The Morgan fingerprint density at radius 1 is 1.08 bits per heavy atom. The smallest absolute Gasteiger partial charge is 0.258 e. The largest absolute Gasteiger partial charge is 0.269 e. The summed E-state index contributed by atoms with van der Waals surface area (Å²) in [7, 11) is -3.74. The highest BCUT2D eigenvalue weighted by atomic mass is 79.9. The fraction of sp³-hybridized carbons (Fsp3) is 0.222. The number of rotatable bonds is 4. The molecule has 0 saturated carbocycles. The third-order valence-corrected chi connectivity index (χ3v) is 6.92. The van der Waals surface area contributed by atoms with E-state index in [2.05, 4.69) is 15.9 Å². The van der Waals surface area contributed by atoms with Crippen LogP contribution in [0.4, 0.5) is 5.69 Å². The fourth-order valence-electron chi connectivity index (χ4n) is 2.96. The molecule has 1 heterocycles. The lowest BCUT2D eigenvalue weighted by Gasteiger charge is -2.25. The molecule has 0 aromatic heterocycles. The average molecular weight is 437 g/mol. The van der Waals surface area contributed by atoms with Crippen LogP contribution in [-0.4, -0.2) is 30.7 Å². The molecule has 0 aliphatic carbocycles.